The van der Waals surface area contributed by atoms with Crippen molar-refractivity contribution in [2.24, 2.45) is 4.99 Å². The Morgan fingerprint density at radius 2 is 1.82 bits per heavy atom. The lowest BCUT2D eigenvalue weighted by Gasteiger charge is -2.10. The second-order valence-electron chi connectivity index (χ2n) is 7.65. The van der Waals surface area contributed by atoms with Gasteiger partial charge in [0.25, 0.3) is 0 Å². The van der Waals surface area contributed by atoms with Crippen molar-refractivity contribution in [1.29, 1.82) is 0 Å². The molecule has 0 amide bonds. The minimum atomic E-state index is -1.38. The number of hydrogen-bond acceptors (Lipinski definition) is 1. The van der Waals surface area contributed by atoms with Gasteiger partial charge in [-0.15, -0.1) is 5.54 Å². The summed E-state index contributed by atoms with van der Waals surface area (Å²) in [5.41, 5.74) is 7.75. The van der Waals surface area contributed by atoms with Crippen LogP contribution in [0.25, 0.3) is 5.70 Å². The van der Waals surface area contributed by atoms with E-state index in [1.807, 2.05) is 44.2 Å². The summed E-state index contributed by atoms with van der Waals surface area (Å²) in [6.07, 6.45) is 3.50. The Balaban J connectivity index is 2.20. The Hall–Kier alpha value is -2.90. The fourth-order valence-corrected chi connectivity index (χ4v) is 3.05. The van der Waals surface area contributed by atoms with Crippen molar-refractivity contribution in [3.8, 4) is 11.5 Å². The highest BCUT2D eigenvalue weighted by Crippen LogP contribution is 2.22. The van der Waals surface area contributed by atoms with Gasteiger partial charge < -0.3 is 5.32 Å². The van der Waals surface area contributed by atoms with Crippen molar-refractivity contribution in [2.75, 3.05) is 5.32 Å². The number of benzene rings is 2. The first-order valence-corrected chi connectivity index (χ1v) is 12.7. The van der Waals surface area contributed by atoms with Crippen LogP contribution in [0.15, 0.2) is 66.2 Å². The molecule has 0 fully saturated rings. The molecule has 2 rings (SSSR count). The standard InChI is InChI=1S/C24H27FN2Si/c1-7-8-24(23-14-11-21(25)17-18(23)2)27-19(3)26-22-12-9-20(10-13-22)15-16-28(4,5)6/h7-14,17H,1H2,2-6H3,(H,26,27)/b24-8-. The lowest BCUT2D eigenvalue weighted by atomic mass is 10.1. The fourth-order valence-electron chi connectivity index (χ4n) is 2.53. The molecule has 0 heterocycles. The molecule has 0 unspecified atom stereocenters. The van der Waals surface area contributed by atoms with Crippen LogP contribution < -0.4 is 5.32 Å². The number of rotatable bonds is 4. The smallest absolute Gasteiger partial charge is 0.129 e. The lowest BCUT2D eigenvalue weighted by molar-refractivity contribution is 0.626. The van der Waals surface area contributed by atoms with E-state index in [4.69, 9.17) is 0 Å². The molecule has 2 aromatic carbocycles. The van der Waals surface area contributed by atoms with Gasteiger partial charge in [-0.2, -0.15) is 0 Å². The molecule has 0 bridgehead atoms. The third kappa shape index (κ3) is 6.68. The van der Waals surface area contributed by atoms with E-state index in [1.165, 1.54) is 12.1 Å². The second kappa shape index (κ2) is 9.34. The van der Waals surface area contributed by atoms with Crippen LogP contribution in [0.2, 0.25) is 19.6 Å². The number of nitrogens with zero attached hydrogens (tertiary/aromatic N) is 1. The van der Waals surface area contributed by atoms with Gasteiger partial charge in [0.1, 0.15) is 19.7 Å². The molecule has 4 heteroatoms. The predicted octanol–water partition coefficient (Wildman–Crippen LogP) is 6.42. The van der Waals surface area contributed by atoms with Crippen molar-refractivity contribution >= 4 is 25.3 Å². The van der Waals surface area contributed by atoms with Crippen LogP contribution in [0.1, 0.15) is 23.6 Å². The number of nitrogens with one attached hydrogen (secondary N) is 1. The average Bonchev–Trinajstić information content (AvgIpc) is 2.60. The molecule has 0 aliphatic rings. The Morgan fingerprint density at radius 1 is 1.14 bits per heavy atom. The van der Waals surface area contributed by atoms with Crippen LogP contribution in [0.4, 0.5) is 10.1 Å². The molecule has 0 aliphatic heterocycles. The SMILES string of the molecule is C=C/C=C(\N=C(/C)Nc1ccc(C#C[Si](C)(C)C)cc1)c1ccc(F)cc1C. The quantitative estimate of drug-likeness (QED) is 0.210. The van der Waals surface area contributed by atoms with Gasteiger partial charge in [0.2, 0.25) is 0 Å². The molecule has 0 aliphatic carbocycles. The normalized spacial score (nSPS) is 12.2. The van der Waals surface area contributed by atoms with Crippen molar-refractivity contribution in [1.82, 2.24) is 0 Å². The van der Waals surface area contributed by atoms with E-state index in [9.17, 15) is 4.39 Å². The maximum Gasteiger partial charge on any atom is 0.129 e. The number of anilines is 1. The van der Waals surface area contributed by atoms with Gasteiger partial charge in [-0.3, -0.25) is 0 Å². The van der Waals surface area contributed by atoms with Crippen molar-refractivity contribution in [3.63, 3.8) is 0 Å². The van der Waals surface area contributed by atoms with Gasteiger partial charge in [-0.05, 0) is 68.0 Å². The van der Waals surface area contributed by atoms with Gasteiger partial charge in [-0.25, -0.2) is 9.38 Å². The molecule has 0 radical (unpaired) electrons. The Morgan fingerprint density at radius 3 is 2.39 bits per heavy atom. The second-order valence-corrected chi connectivity index (χ2v) is 12.4. The fraction of sp³-hybridized carbons (Fsp3) is 0.208. The number of hydrogen-bond donors (Lipinski definition) is 1. The van der Waals surface area contributed by atoms with Gasteiger partial charge in [-0.1, -0.05) is 38.2 Å². The average molecular weight is 391 g/mol. The zero-order valence-corrected chi connectivity index (χ0v) is 18.2. The molecule has 1 N–H and O–H groups in total. The third-order valence-corrected chi connectivity index (χ3v) is 4.70. The first kappa shape index (κ1) is 21.4. The maximum atomic E-state index is 13.4. The van der Waals surface area contributed by atoms with Gasteiger partial charge in [0, 0.05) is 16.8 Å². The van der Waals surface area contributed by atoms with E-state index in [0.717, 1.165) is 33.9 Å². The van der Waals surface area contributed by atoms with Gasteiger partial charge in [0.15, 0.2) is 0 Å². The first-order chi connectivity index (χ1) is 13.2. The number of amidine groups is 1. The van der Waals surface area contributed by atoms with Crippen LogP contribution in [-0.2, 0) is 0 Å². The number of aryl methyl sites for hydroxylation is 1. The molecule has 0 aromatic heterocycles. The van der Waals surface area contributed by atoms with Gasteiger partial charge >= 0.3 is 0 Å². The number of aliphatic imine (C=N–C) groups is 1. The van der Waals surface area contributed by atoms with Gasteiger partial charge in [0.05, 0.1) is 5.70 Å². The maximum absolute atomic E-state index is 13.4. The van der Waals surface area contributed by atoms with Crippen molar-refractivity contribution in [2.45, 2.75) is 33.5 Å². The Bertz CT molecular complexity index is 968. The number of allylic oxidation sites excluding steroid dienone is 2. The predicted molar refractivity (Wildman–Crippen MR) is 123 cm³/mol. The van der Waals surface area contributed by atoms with E-state index in [2.05, 4.69) is 48.0 Å². The highest BCUT2D eigenvalue weighted by Gasteiger charge is 2.08. The summed E-state index contributed by atoms with van der Waals surface area (Å²) in [5.74, 6) is 3.73. The summed E-state index contributed by atoms with van der Waals surface area (Å²) in [6, 6.07) is 12.7. The van der Waals surface area contributed by atoms with Crippen molar-refractivity contribution in [3.05, 3.63) is 83.7 Å². The molecule has 0 atom stereocenters. The van der Waals surface area contributed by atoms with E-state index in [0.29, 0.717) is 0 Å². The molecule has 144 valence electrons. The molecular formula is C24H27FN2Si. The topological polar surface area (TPSA) is 24.4 Å². The van der Waals surface area contributed by atoms with Crippen LogP contribution in [0.3, 0.4) is 0 Å². The van der Waals surface area contributed by atoms with E-state index in [1.54, 1.807) is 12.1 Å². The van der Waals surface area contributed by atoms with Crippen LogP contribution >= 0.6 is 0 Å². The zero-order valence-electron chi connectivity index (χ0n) is 17.2. The van der Waals surface area contributed by atoms with Crippen LogP contribution in [0, 0.1) is 24.2 Å². The third-order valence-electron chi connectivity index (χ3n) is 3.82. The molecule has 2 nitrogen and oxygen atoms in total. The first-order valence-electron chi connectivity index (χ1n) is 9.23. The molecule has 2 aromatic rings. The molecule has 28 heavy (non-hydrogen) atoms. The highest BCUT2D eigenvalue weighted by molar-refractivity contribution is 6.83. The summed E-state index contributed by atoms with van der Waals surface area (Å²) in [4.78, 5) is 4.66. The highest BCUT2D eigenvalue weighted by atomic mass is 28.3. The zero-order chi connectivity index (χ0) is 20.7. The van der Waals surface area contributed by atoms with Crippen molar-refractivity contribution < 1.29 is 4.39 Å². The Labute approximate surface area is 168 Å². The minimum Gasteiger partial charge on any atom is -0.344 e. The Kier molecular flexibility index (Phi) is 7.14. The summed E-state index contributed by atoms with van der Waals surface area (Å²) < 4.78 is 13.4. The number of halogens is 1. The van der Waals surface area contributed by atoms with E-state index < -0.39 is 8.07 Å². The molecule has 0 saturated carbocycles. The summed E-state index contributed by atoms with van der Waals surface area (Å²) in [5, 5.41) is 3.29. The summed E-state index contributed by atoms with van der Waals surface area (Å²) >= 11 is 0. The molecule has 0 spiro atoms. The summed E-state index contributed by atoms with van der Waals surface area (Å²) in [7, 11) is -1.38. The monoisotopic (exact) mass is 390 g/mol. The van der Waals surface area contributed by atoms with Crippen LogP contribution in [0.5, 0.6) is 0 Å². The van der Waals surface area contributed by atoms with E-state index >= 15 is 0 Å². The van der Waals surface area contributed by atoms with Crippen LogP contribution in [-0.4, -0.2) is 13.9 Å². The molecular weight excluding hydrogens is 363 g/mol. The molecule has 0 saturated heterocycles. The summed E-state index contributed by atoms with van der Waals surface area (Å²) in [6.45, 7) is 14.2. The largest absolute Gasteiger partial charge is 0.344 e. The lowest BCUT2D eigenvalue weighted by Crippen LogP contribution is -2.16. The van der Waals surface area contributed by atoms with E-state index in [-0.39, 0.29) is 5.82 Å². The minimum absolute atomic E-state index is 0.254.